The van der Waals surface area contributed by atoms with Crippen molar-refractivity contribution in [3.63, 3.8) is 0 Å². The van der Waals surface area contributed by atoms with Gasteiger partial charge in [0, 0.05) is 18.2 Å². The van der Waals surface area contributed by atoms with Gasteiger partial charge in [0.25, 0.3) is 5.91 Å². The lowest BCUT2D eigenvalue weighted by molar-refractivity contribution is 0.0934. The quantitative estimate of drug-likeness (QED) is 0.830. The number of rotatable bonds is 4. The first kappa shape index (κ1) is 13.5. The monoisotopic (exact) mass is 236 g/mol. The third-order valence-electron chi connectivity index (χ3n) is 2.49. The van der Waals surface area contributed by atoms with Gasteiger partial charge in [0.15, 0.2) is 0 Å². The molecule has 0 aliphatic heterocycles. The highest BCUT2D eigenvalue weighted by molar-refractivity contribution is 5.94. The maximum absolute atomic E-state index is 11.9. The van der Waals surface area contributed by atoms with Gasteiger partial charge in [-0.05, 0) is 45.6 Å². The summed E-state index contributed by atoms with van der Waals surface area (Å²) >= 11 is 0. The van der Waals surface area contributed by atoms with Gasteiger partial charge in [0.2, 0.25) is 0 Å². The fourth-order valence-electron chi connectivity index (χ4n) is 1.65. The summed E-state index contributed by atoms with van der Waals surface area (Å²) in [6, 6.07) is 5.02. The zero-order chi connectivity index (χ0) is 13.0. The van der Waals surface area contributed by atoms with Crippen molar-refractivity contribution in [2.75, 3.05) is 20.6 Å². The minimum atomic E-state index is -0.158. The molecular weight excluding hydrogens is 216 g/mol. The summed E-state index contributed by atoms with van der Waals surface area (Å²) < 4.78 is 0. The molecule has 17 heavy (non-hydrogen) atoms. The smallest absolute Gasteiger partial charge is 0.251 e. The second-order valence-corrected chi connectivity index (χ2v) is 4.64. The minimum Gasteiger partial charge on any atom is -0.508 e. The largest absolute Gasteiger partial charge is 0.508 e. The summed E-state index contributed by atoms with van der Waals surface area (Å²) in [5.41, 5.74) is 1.25. The van der Waals surface area contributed by atoms with Gasteiger partial charge in [0.05, 0.1) is 0 Å². The molecule has 0 saturated carbocycles. The van der Waals surface area contributed by atoms with Gasteiger partial charge in [-0.25, -0.2) is 0 Å². The highest BCUT2D eigenvalue weighted by Crippen LogP contribution is 2.17. The average Bonchev–Trinajstić information content (AvgIpc) is 2.20. The zero-order valence-corrected chi connectivity index (χ0v) is 10.8. The molecule has 0 saturated heterocycles. The molecule has 0 fully saturated rings. The summed E-state index contributed by atoms with van der Waals surface area (Å²) in [6.45, 7) is 4.53. The predicted molar refractivity (Wildman–Crippen MR) is 68.3 cm³/mol. The van der Waals surface area contributed by atoms with Gasteiger partial charge in [-0.3, -0.25) is 4.79 Å². The summed E-state index contributed by atoms with van der Waals surface area (Å²) in [6.07, 6.45) is 0. The Balaban J connectivity index is 2.66. The van der Waals surface area contributed by atoms with E-state index in [-0.39, 0.29) is 17.7 Å². The van der Waals surface area contributed by atoms with Crippen LogP contribution in [0.2, 0.25) is 0 Å². The van der Waals surface area contributed by atoms with Crippen molar-refractivity contribution < 1.29 is 9.90 Å². The Hall–Kier alpha value is -1.55. The molecule has 1 unspecified atom stereocenters. The van der Waals surface area contributed by atoms with Crippen molar-refractivity contribution in [1.82, 2.24) is 10.2 Å². The molecule has 1 aromatic rings. The van der Waals surface area contributed by atoms with Gasteiger partial charge >= 0.3 is 0 Å². The van der Waals surface area contributed by atoms with Crippen LogP contribution in [0.25, 0.3) is 0 Å². The highest BCUT2D eigenvalue weighted by atomic mass is 16.3. The molecule has 94 valence electrons. The van der Waals surface area contributed by atoms with Gasteiger partial charge in [-0.15, -0.1) is 0 Å². The Bertz CT molecular complexity index is 402. The van der Waals surface area contributed by atoms with Crippen molar-refractivity contribution >= 4 is 5.91 Å². The number of phenolic OH excluding ortho intramolecular Hbond substituents is 1. The third-order valence-corrected chi connectivity index (χ3v) is 2.49. The number of hydrogen-bond donors (Lipinski definition) is 2. The Kier molecular flexibility index (Phi) is 4.52. The first-order valence-electron chi connectivity index (χ1n) is 5.65. The number of likely N-dealkylation sites (N-methyl/N-ethyl adjacent to an activating group) is 1. The van der Waals surface area contributed by atoms with E-state index in [0.717, 1.165) is 12.1 Å². The summed E-state index contributed by atoms with van der Waals surface area (Å²) in [5, 5.41) is 12.4. The molecule has 0 aromatic heterocycles. The van der Waals surface area contributed by atoms with E-state index in [1.165, 1.54) is 6.07 Å². The lowest BCUT2D eigenvalue weighted by atomic mass is 10.1. The summed E-state index contributed by atoms with van der Waals surface area (Å²) in [7, 11) is 3.92. The van der Waals surface area contributed by atoms with Crippen LogP contribution < -0.4 is 5.32 Å². The molecule has 0 bridgehead atoms. The minimum absolute atomic E-state index is 0.0703. The zero-order valence-electron chi connectivity index (χ0n) is 10.8. The van der Waals surface area contributed by atoms with E-state index in [1.54, 1.807) is 19.1 Å². The molecule has 0 radical (unpaired) electrons. The molecule has 1 atom stereocenters. The van der Waals surface area contributed by atoms with Crippen molar-refractivity contribution in [1.29, 1.82) is 0 Å². The van der Waals surface area contributed by atoms with Crippen molar-refractivity contribution in [3.8, 4) is 5.75 Å². The molecule has 2 N–H and O–H groups in total. The Morgan fingerprint density at radius 2 is 2.12 bits per heavy atom. The van der Waals surface area contributed by atoms with Crippen LogP contribution in [0.15, 0.2) is 18.2 Å². The van der Waals surface area contributed by atoms with E-state index in [1.807, 2.05) is 25.9 Å². The van der Waals surface area contributed by atoms with Crippen LogP contribution in [-0.4, -0.2) is 42.6 Å². The molecule has 0 aliphatic rings. The topological polar surface area (TPSA) is 52.6 Å². The Morgan fingerprint density at radius 3 is 2.65 bits per heavy atom. The fourth-order valence-corrected chi connectivity index (χ4v) is 1.65. The van der Waals surface area contributed by atoms with Crippen LogP contribution in [0, 0.1) is 6.92 Å². The highest BCUT2D eigenvalue weighted by Gasteiger charge is 2.11. The normalized spacial score (nSPS) is 12.5. The van der Waals surface area contributed by atoms with Crippen LogP contribution in [0.4, 0.5) is 0 Å². The third kappa shape index (κ3) is 4.07. The fraction of sp³-hybridized carbons (Fsp3) is 0.462. The number of benzene rings is 1. The van der Waals surface area contributed by atoms with Crippen molar-refractivity contribution in [2.45, 2.75) is 19.9 Å². The number of carbonyl (C=O) groups is 1. The molecule has 1 amide bonds. The molecule has 1 rings (SSSR count). The number of amides is 1. The van der Waals surface area contributed by atoms with Gasteiger partial charge < -0.3 is 15.3 Å². The van der Waals surface area contributed by atoms with Gasteiger partial charge in [-0.2, -0.15) is 0 Å². The predicted octanol–water partition coefficient (Wildman–Crippen LogP) is 1.38. The second kappa shape index (κ2) is 5.68. The van der Waals surface area contributed by atoms with E-state index < -0.39 is 0 Å². The van der Waals surface area contributed by atoms with Gasteiger partial charge in [-0.1, -0.05) is 6.07 Å². The number of aromatic hydroxyl groups is 1. The molecule has 0 heterocycles. The number of hydrogen-bond acceptors (Lipinski definition) is 3. The van der Waals surface area contributed by atoms with Gasteiger partial charge in [0.1, 0.15) is 5.75 Å². The van der Waals surface area contributed by atoms with E-state index in [2.05, 4.69) is 5.32 Å². The SMILES string of the molecule is Cc1ccc(C(=O)NC(C)CN(C)C)cc1O. The van der Waals surface area contributed by atoms with E-state index in [4.69, 9.17) is 0 Å². The van der Waals surface area contributed by atoms with E-state index >= 15 is 0 Å². The molecular formula is C13H20N2O2. The number of phenols is 1. The van der Waals surface area contributed by atoms with Crippen LogP contribution in [0.5, 0.6) is 5.75 Å². The molecule has 1 aromatic carbocycles. The lowest BCUT2D eigenvalue weighted by Crippen LogP contribution is -2.39. The van der Waals surface area contributed by atoms with Crippen LogP contribution in [-0.2, 0) is 0 Å². The Morgan fingerprint density at radius 1 is 1.47 bits per heavy atom. The number of nitrogens with one attached hydrogen (secondary N) is 1. The number of nitrogens with zero attached hydrogens (tertiary/aromatic N) is 1. The van der Waals surface area contributed by atoms with Crippen molar-refractivity contribution in [2.24, 2.45) is 0 Å². The van der Waals surface area contributed by atoms with Crippen LogP contribution in [0.1, 0.15) is 22.8 Å². The maximum Gasteiger partial charge on any atom is 0.251 e. The number of carbonyl (C=O) groups excluding carboxylic acids is 1. The molecule has 0 spiro atoms. The first-order chi connectivity index (χ1) is 7.90. The lowest BCUT2D eigenvalue weighted by Gasteiger charge is -2.18. The summed E-state index contributed by atoms with van der Waals surface area (Å²) in [5.74, 6) is -0.00689. The van der Waals surface area contributed by atoms with Crippen LogP contribution >= 0.6 is 0 Å². The maximum atomic E-state index is 11.9. The average molecular weight is 236 g/mol. The summed E-state index contributed by atoms with van der Waals surface area (Å²) in [4.78, 5) is 13.9. The molecule has 0 aliphatic carbocycles. The van der Waals surface area contributed by atoms with Crippen LogP contribution in [0.3, 0.4) is 0 Å². The Labute approximate surface area is 102 Å². The molecule has 4 heteroatoms. The first-order valence-corrected chi connectivity index (χ1v) is 5.65. The number of aryl methyl sites for hydroxylation is 1. The van der Waals surface area contributed by atoms with E-state index in [9.17, 15) is 9.90 Å². The second-order valence-electron chi connectivity index (χ2n) is 4.64. The molecule has 4 nitrogen and oxygen atoms in total. The van der Waals surface area contributed by atoms with Crippen molar-refractivity contribution in [3.05, 3.63) is 29.3 Å². The standard InChI is InChI=1S/C13H20N2O2/c1-9-5-6-11(7-12(9)16)13(17)14-10(2)8-15(3)4/h5-7,10,16H,8H2,1-4H3,(H,14,17). The van der Waals surface area contributed by atoms with E-state index in [0.29, 0.717) is 5.56 Å².